The minimum atomic E-state index is -0.572. The maximum absolute atomic E-state index is 12.5. The number of nitrogens with one attached hydrogen (secondary N) is 1. The fourth-order valence-corrected chi connectivity index (χ4v) is 2.47. The van der Waals surface area contributed by atoms with Crippen molar-refractivity contribution in [3.8, 4) is 5.75 Å². The molecule has 1 atom stereocenters. The molecular weight excluding hydrogens is 328 g/mol. The Hall–Kier alpha value is -2.53. The van der Waals surface area contributed by atoms with Crippen molar-refractivity contribution in [2.24, 2.45) is 5.73 Å². The van der Waals surface area contributed by atoms with Crippen LogP contribution in [0.5, 0.6) is 5.75 Å². The number of ether oxygens (including phenoxy) is 1. The fourth-order valence-electron chi connectivity index (χ4n) is 2.27. The van der Waals surface area contributed by atoms with Gasteiger partial charge in [-0.15, -0.1) is 0 Å². The number of benzene rings is 2. The molecule has 126 valence electrons. The van der Waals surface area contributed by atoms with Crippen molar-refractivity contribution < 1.29 is 14.3 Å². The summed E-state index contributed by atoms with van der Waals surface area (Å²) in [4.78, 5) is 23.2. The van der Waals surface area contributed by atoms with Crippen LogP contribution in [0.25, 0.3) is 0 Å². The second kappa shape index (κ2) is 8.36. The molecule has 0 radical (unpaired) electrons. The maximum Gasteiger partial charge on any atom is 0.255 e. The average molecular weight is 347 g/mol. The van der Waals surface area contributed by atoms with Crippen LogP contribution in [-0.2, 0) is 4.79 Å². The Morgan fingerprint density at radius 1 is 1.21 bits per heavy atom. The van der Waals surface area contributed by atoms with Crippen LogP contribution in [0.15, 0.2) is 48.5 Å². The third kappa shape index (κ3) is 4.99. The molecule has 0 spiro atoms. The first-order valence-electron chi connectivity index (χ1n) is 7.57. The zero-order valence-electron chi connectivity index (χ0n) is 13.3. The molecule has 0 aliphatic heterocycles. The molecule has 0 bridgehead atoms. The number of hydrogen-bond acceptors (Lipinski definition) is 3. The number of amides is 2. The van der Waals surface area contributed by atoms with Gasteiger partial charge in [-0.25, -0.2) is 0 Å². The van der Waals surface area contributed by atoms with E-state index in [1.165, 1.54) is 0 Å². The van der Waals surface area contributed by atoms with Gasteiger partial charge in [0.05, 0.1) is 6.04 Å². The van der Waals surface area contributed by atoms with E-state index in [9.17, 15) is 9.59 Å². The highest BCUT2D eigenvalue weighted by atomic mass is 35.5. The van der Waals surface area contributed by atoms with Crippen molar-refractivity contribution in [2.75, 3.05) is 6.61 Å². The van der Waals surface area contributed by atoms with E-state index in [-0.39, 0.29) is 18.6 Å². The first-order chi connectivity index (χ1) is 11.5. The van der Waals surface area contributed by atoms with Crippen LogP contribution >= 0.6 is 11.6 Å². The molecule has 2 rings (SSSR count). The van der Waals surface area contributed by atoms with Gasteiger partial charge in [-0.05, 0) is 42.3 Å². The second-order valence-electron chi connectivity index (χ2n) is 5.27. The Balaban J connectivity index is 2.10. The number of nitrogens with two attached hydrogens (primary N) is 1. The van der Waals surface area contributed by atoms with Gasteiger partial charge in [0.1, 0.15) is 5.75 Å². The highest BCUT2D eigenvalue weighted by Gasteiger charge is 2.15. The van der Waals surface area contributed by atoms with E-state index in [1.54, 1.807) is 30.3 Å². The average Bonchev–Trinajstić information content (AvgIpc) is 2.58. The van der Waals surface area contributed by atoms with E-state index in [0.717, 1.165) is 12.0 Å². The number of primary amides is 1. The molecule has 0 fully saturated rings. The fraction of sp³-hybridized carbons (Fsp3) is 0.222. The Bertz CT molecular complexity index is 734. The minimum Gasteiger partial charge on any atom is -0.484 e. The van der Waals surface area contributed by atoms with Crippen LogP contribution in [-0.4, -0.2) is 18.4 Å². The predicted molar refractivity (Wildman–Crippen MR) is 93.1 cm³/mol. The molecule has 2 amide bonds. The Kier molecular flexibility index (Phi) is 6.21. The Labute approximate surface area is 145 Å². The summed E-state index contributed by atoms with van der Waals surface area (Å²) in [5.74, 6) is -0.388. The SMILES string of the molecule is CCC(NC(=O)c1cccc(OCC(N)=O)c1)c1cccc(Cl)c1. The van der Waals surface area contributed by atoms with Gasteiger partial charge < -0.3 is 15.8 Å². The monoisotopic (exact) mass is 346 g/mol. The second-order valence-corrected chi connectivity index (χ2v) is 5.71. The van der Waals surface area contributed by atoms with E-state index in [0.29, 0.717) is 16.3 Å². The maximum atomic E-state index is 12.5. The van der Waals surface area contributed by atoms with Crippen LogP contribution in [0.2, 0.25) is 5.02 Å². The van der Waals surface area contributed by atoms with Crippen LogP contribution in [0.3, 0.4) is 0 Å². The summed E-state index contributed by atoms with van der Waals surface area (Å²) in [5, 5.41) is 3.60. The largest absolute Gasteiger partial charge is 0.484 e. The van der Waals surface area contributed by atoms with Crippen molar-refractivity contribution in [1.29, 1.82) is 0 Å². The number of carbonyl (C=O) groups is 2. The lowest BCUT2D eigenvalue weighted by molar-refractivity contribution is -0.119. The van der Waals surface area contributed by atoms with Gasteiger partial charge in [-0.2, -0.15) is 0 Å². The molecular formula is C18H19ClN2O3. The van der Waals surface area contributed by atoms with E-state index in [1.807, 2.05) is 25.1 Å². The Morgan fingerprint density at radius 3 is 2.62 bits per heavy atom. The zero-order valence-corrected chi connectivity index (χ0v) is 14.0. The lowest BCUT2D eigenvalue weighted by Gasteiger charge is -2.18. The molecule has 0 saturated heterocycles. The summed E-state index contributed by atoms with van der Waals surface area (Å²) in [7, 11) is 0. The van der Waals surface area contributed by atoms with Crippen molar-refractivity contribution >= 4 is 23.4 Å². The van der Waals surface area contributed by atoms with Crippen molar-refractivity contribution in [1.82, 2.24) is 5.32 Å². The van der Waals surface area contributed by atoms with E-state index < -0.39 is 5.91 Å². The van der Waals surface area contributed by atoms with Gasteiger partial charge in [-0.1, -0.05) is 36.7 Å². The third-order valence-electron chi connectivity index (χ3n) is 3.44. The van der Waals surface area contributed by atoms with Crippen molar-refractivity contribution in [2.45, 2.75) is 19.4 Å². The first kappa shape index (κ1) is 17.8. The van der Waals surface area contributed by atoms with Crippen LogP contribution in [0.1, 0.15) is 35.3 Å². The molecule has 0 saturated carbocycles. The highest BCUT2D eigenvalue weighted by Crippen LogP contribution is 2.21. The van der Waals surface area contributed by atoms with Crippen LogP contribution < -0.4 is 15.8 Å². The molecule has 0 heterocycles. The van der Waals surface area contributed by atoms with Crippen molar-refractivity contribution in [3.05, 3.63) is 64.7 Å². The van der Waals surface area contributed by atoms with Crippen LogP contribution in [0, 0.1) is 0 Å². The number of carbonyl (C=O) groups excluding carboxylic acids is 2. The van der Waals surface area contributed by atoms with Crippen molar-refractivity contribution in [3.63, 3.8) is 0 Å². The van der Waals surface area contributed by atoms with Gasteiger partial charge >= 0.3 is 0 Å². The topological polar surface area (TPSA) is 81.4 Å². The summed E-state index contributed by atoms with van der Waals surface area (Å²) in [5.41, 5.74) is 6.43. The first-order valence-corrected chi connectivity index (χ1v) is 7.95. The number of hydrogen-bond donors (Lipinski definition) is 2. The minimum absolute atomic E-state index is 0.147. The molecule has 2 aromatic rings. The molecule has 1 unspecified atom stereocenters. The molecule has 0 aliphatic carbocycles. The molecule has 3 N–H and O–H groups in total. The van der Waals surface area contributed by atoms with Gasteiger partial charge in [0.25, 0.3) is 11.8 Å². The summed E-state index contributed by atoms with van der Waals surface area (Å²) < 4.78 is 5.22. The lowest BCUT2D eigenvalue weighted by Crippen LogP contribution is -2.28. The smallest absolute Gasteiger partial charge is 0.255 e. The predicted octanol–water partition coefficient (Wildman–Crippen LogP) is 3.09. The standard InChI is InChI=1S/C18H19ClN2O3/c1-2-16(12-5-3-7-14(19)9-12)21-18(23)13-6-4-8-15(10-13)24-11-17(20)22/h3-10,16H,2,11H2,1H3,(H2,20,22)(H,21,23). The quantitative estimate of drug-likeness (QED) is 0.808. The van der Waals surface area contributed by atoms with E-state index in [2.05, 4.69) is 5.32 Å². The summed E-state index contributed by atoms with van der Waals surface area (Å²) >= 11 is 6.01. The lowest BCUT2D eigenvalue weighted by atomic mass is 10.0. The number of rotatable bonds is 7. The molecule has 6 heteroatoms. The summed E-state index contributed by atoms with van der Waals surface area (Å²) in [6.07, 6.45) is 0.726. The number of halogens is 1. The van der Waals surface area contributed by atoms with E-state index in [4.69, 9.17) is 22.1 Å². The molecule has 0 aliphatic rings. The van der Waals surface area contributed by atoms with Gasteiger partial charge in [-0.3, -0.25) is 9.59 Å². The molecule has 5 nitrogen and oxygen atoms in total. The highest BCUT2D eigenvalue weighted by molar-refractivity contribution is 6.30. The van der Waals surface area contributed by atoms with E-state index >= 15 is 0 Å². The normalized spacial score (nSPS) is 11.6. The van der Waals surface area contributed by atoms with Gasteiger partial charge in [0, 0.05) is 10.6 Å². The molecule has 24 heavy (non-hydrogen) atoms. The summed E-state index contributed by atoms with van der Waals surface area (Å²) in [6, 6.07) is 13.9. The summed E-state index contributed by atoms with van der Waals surface area (Å²) in [6.45, 7) is 1.75. The van der Waals surface area contributed by atoms with Gasteiger partial charge in [0.15, 0.2) is 6.61 Å². The van der Waals surface area contributed by atoms with Crippen LogP contribution in [0.4, 0.5) is 0 Å². The zero-order chi connectivity index (χ0) is 17.5. The third-order valence-corrected chi connectivity index (χ3v) is 3.68. The molecule has 0 aromatic heterocycles. The van der Waals surface area contributed by atoms with Gasteiger partial charge in [0.2, 0.25) is 0 Å². The Morgan fingerprint density at radius 2 is 1.96 bits per heavy atom. The molecule has 2 aromatic carbocycles.